The van der Waals surface area contributed by atoms with Gasteiger partial charge in [-0.25, -0.2) is 22.6 Å². The Morgan fingerprint density at radius 3 is 2.52 bits per heavy atom. The van der Waals surface area contributed by atoms with E-state index in [-0.39, 0.29) is 28.8 Å². The summed E-state index contributed by atoms with van der Waals surface area (Å²) >= 11 is 5.21. The molecule has 1 aliphatic heterocycles. The quantitative estimate of drug-likeness (QED) is 0.309. The Morgan fingerprint density at radius 1 is 1.23 bits per heavy atom. The smallest absolute Gasteiger partial charge is 0.162 e. The largest absolute Gasteiger partial charge is 0.493 e. The molecule has 0 amide bonds. The van der Waals surface area contributed by atoms with Gasteiger partial charge in [0.25, 0.3) is 0 Å². The van der Waals surface area contributed by atoms with Crippen molar-refractivity contribution < 1.29 is 27.1 Å². The van der Waals surface area contributed by atoms with Crippen molar-refractivity contribution in [2.75, 3.05) is 20.2 Å². The SMILES string of the molecule is CC=O.CN(NC(=S)c1cc(F)ccc1F)C1c2cc(F)c(F)cc2OCC1CCN. The number of carbonyl (C=O) groups excluding carboxylic acids is 1. The first-order chi connectivity index (χ1) is 14.7. The Morgan fingerprint density at radius 2 is 1.87 bits per heavy atom. The van der Waals surface area contributed by atoms with Crippen LogP contribution in [0.1, 0.15) is 30.5 Å². The standard InChI is InChI=1S/C19H19F4N3OS.C2H4O/c1-26(25-19(28)12-6-11(20)2-3-14(12)21)18-10(4-5-24)9-27-17-8-16(23)15(22)7-13(17)18;1-2-3/h2-3,6-8,10,18H,4-5,9,24H2,1H3,(H,25,28);2H,1H3. The van der Waals surface area contributed by atoms with E-state index in [1.165, 1.54) is 6.92 Å². The Bertz CT molecular complexity index is 945. The predicted octanol–water partition coefficient (Wildman–Crippen LogP) is 3.66. The molecule has 168 valence electrons. The number of carbonyl (C=O) groups is 1. The lowest BCUT2D eigenvalue weighted by Crippen LogP contribution is -2.47. The highest BCUT2D eigenvalue weighted by atomic mass is 32.1. The van der Waals surface area contributed by atoms with Gasteiger partial charge in [-0.3, -0.25) is 0 Å². The maximum atomic E-state index is 14.0. The monoisotopic (exact) mass is 457 g/mol. The summed E-state index contributed by atoms with van der Waals surface area (Å²) in [5, 5.41) is 1.56. The highest BCUT2D eigenvalue weighted by Gasteiger charge is 2.35. The molecular weight excluding hydrogens is 434 g/mol. The third-order valence-corrected chi connectivity index (χ3v) is 4.99. The van der Waals surface area contributed by atoms with E-state index in [4.69, 9.17) is 27.5 Å². The second-order valence-corrected chi connectivity index (χ2v) is 7.22. The lowest BCUT2D eigenvalue weighted by atomic mass is 9.88. The number of ether oxygens (including phenoxy) is 1. The van der Waals surface area contributed by atoms with E-state index in [1.54, 1.807) is 12.1 Å². The molecule has 0 fully saturated rings. The van der Waals surface area contributed by atoms with E-state index in [0.29, 0.717) is 18.5 Å². The molecule has 10 heteroatoms. The Balaban J connectivity index is 0.00000107. The normalized spacial score (nSPS) is 17.2. The summed E-state index contributed by atoms with van der Waals surface area (Å²) in [6.45, 7) is 2.05. The van der Waals surface area contributed by atoms with Gasteiger partial charge < -0.3 is 20.7 Å². The van der Waals surface area contributed by atoms with Crippen LogP contribution in [-0.2, 0) is 4.79 Å². The summed E-state index contributed by atoms with van der Waals surface area (Å²) in [5.41, 5.74) is 8.84. The topological polar surface area (TPSA) is 67.6 Å². The first-order valence-corrected chi connectivity index (χ1v) is 9.84. The first kappa shape index (κ1) is 24.7. The lowest BCUT2D eigenvalue weighted by Gasteiger charge is -2.39. The summed E-state index contributed by atoms with van der Waals surface area (Å²) < 4.78 is 60.5. The van der Waals surface area contributed by atoms with Gasteiger partial charge >= 0.3 is 0 Å². The summed E-state index contributed by atoms with van der Waals surface area (Å²) in [4.78, 5) is 8.77. The summed E-state index contributed by atoms with van der Waals surface area (Å²) in [6.07, 6.45) is 1.30. The number of nitrogens with one attached hydrogen (secondary N) is 1. The third-order valence-electron chi connectivity index (χ3n) is 4.68. The molecule has 0 saturated carbocycles. The zero-order chi connectivity index (χ0) is 23.1. The molecular formula is C21H23F4N3O2S. The van der Waals surface area contributed by atoms with E-state index in [9.17, 15) is 17.6 Å². The number of hydrogen-bond donors (Lipinski definition) is 2. The van der Waals surface area contributed by atoms with E-state index in [1.807, 2.05) is 0 Å². The van der Waals surface area contributed by atoms with Crippen molar-refractivity contribution in [3.63, 3.8) is 0 Å². The predicted molar refractivity (Wildman–Crippen MR) is 112 cm³/mol. The van der Waals surface area contributed by atoms with Gasteiger partial charge in [-0.2, -0.15) is 0 Å². The van der Waals surface area contributed by atoms with Crippen LogP contribution in [0.5, 0.6) is 5.75 Å². The average molecular weight is 457 g/mol. The Kier molecular flexibility index (Phi) is 8.90. The molecule has 0 aliphatic carbocycles. The minimum atomic E-state index is -1.01. The highest BCUT2D eigenvalue weighted by Crippen LogP contribution is 2.40. The number of fused-ring (bicyclic) bond motifs is 1. The Labute approximate surface area is 183 Å². The lowest BCUT2D eigenvalue weighted by molar-refractivity contribution is -0.106. The van der Waals surface area contributed by atoms with Gasteiger partial charge in [0, 0.05) is 30.2 Å². The van der Waals surface area contributed by atoms with Crippen molar-refractivity contribution in [1.29, 1.82) is 0 Å². The fraction of sp³-hybridized carbons (Fsp3) is 0.333. The number of nitrogens with two attached hydrogens (primary N) is 1. The number of halogens is 4. The number of benzene rings is 2. The van der Waals surface area contributed by atoms with Crippen LogP contribution in [-0.4, -0.2) is 36.5 Å². The minimum absolute atomic E-state index is 0.0402. The second-order valence-electron chi connectivity index (χ2n) is 6.81. The van der Waals surface area contributed by atoms with Crippen LogP contribution in [0.25, 0.3) is 0 Å². The molecule has 3 rings (SSSR count). The molecule has 2 aromatic carbocycles. The molecule has 0 bridgehead atoms. The first-order valence-electron chi connectivity index (χ1n) is 9.43. The van der Waals surface area contributed by atoms with E-state index < -0.39 is 29.3 Å². The van der Waals surface area contributed by atoms with Crippen LogP contribution in [0.4, 0.5) is 17.6 Å². The molecule has 1 heterocycles. The zero-order valence-corrected chi connectivity index (χ0v) is 17.8. The van der Waals surface area contributed by atoms with E-state index in [2.05, 4.69) is 5.43 Å². The Hall–Kier alpha value is -2.56. The van der Waals surface area contributed by atoms with Crippen LogP contribution in [0.3, 0.4) is 0 Å². The molecule has 0 aromatic heterocycles. The fourth-order valence-corrected chi connectivity index (χ4v) is 3.68. The van der Waals surface area contributed by atoms with Crippen molar-refractivity contribution >= 4 is 23.5 Å². The molecule has 2 aromatic rings. The van der Waals surface area contributed by atoms with E-state index in [0.717, 1.165) is 36.6 Å². The van der Waals surface area contributed by atoms with Crippen molar-refractivity contribution in [3.05, 3.63) is 64.7 Å². The van der Waals surface area contributed by atoms with Crippen LogP contribution in [0.2, 0.25) is 0 Å². The van der Waals surface area contributed by atoms with Crippen LogP contribution in [0.15, 0.2) is 30.3 Å². The second kappa shape index (κ2) is 11.2. The third kappa shape index (κ3) is 5.99. The zero-order valence-electron chi connectivity index (χ0n) is 17.0. The summed E-state index contributed by atoms with van der Waals surface area (Å²) in [7, 11) is 1.63. The molecule has 2 unspecified atom stereocenters. The van der Waals surface area contributed by atoms with Gasteiger partial charge in [0.05, 0.1) is 12.6 Å². The van der Waals surface area contributed by atoms with Crippen molar-refractivity contribution in [2.24, 2.45) is 11.7 Å². The highest BCUT2D eigenvalue weighted by molar-refractivity contribution is 7.80. The molecule has 0 saturated heterocycles. The van der Waals surface area contributed by atoms with Crippen LogP contribution < -0.4 is 15.9 Å². The number of nitrogens with zero attached hydrogens (tertiary/aromatic N) is 1. The molecule has 3 N–H and O–H groups in total. The number of hydrogen-bond acceptors (Lipinski definition) is 5. The summed E-state index contributed by atoms with van der Waals surface area (Å²) in [6, 6.07) is 4.56. The van der Waals surface area contributed by atoms with Gasteiger partial charge in [0.2, 0.25) is 0 Å². The minimum Gasteiger partial charge on any atom is -0.493 e. The average Bonchev–Trinajstić information content (AvgIpc) is 2.71. The molecule has 5 nitrogen and oxygen atoms in total. The van der Waals surface area contributed by atoms with Crippen molar-refractivity contribution in [1.82, 2.24) is 10.4 Å². The van der Waals surface area contributed by atoms with Gasteiger partial charge in [-0.1, -0.05) is 12.2 Å². The molecule has 0 spiro atoms. The molecule has 2 atom stereocenters. The maximum Gasteiger partial charge on any atom is 0.162 e. The van der Waals surface area contributed by atoms with Gasteiger partial charge in [-0.05, 0) is 44.2 Å². The summed E-state index contributed by atoms with van der Waals surface area (Å²) in [5.74, 6) is -3.26. The van der Waals surface area contributed by atoms with Gasteiger partial charge in [-0.15, -0.1) is 0 Å². The number of rotatable bonds is 5. The van der Waals surface area contributed by atoms with Crippen molar-refractivity contribution in [2.45, 2.75) is 19.4 Å². The van der Waals surface area contributed by atoms with Crippen LogP contribution >= 0.6 is 12.2 Å². The van der Waals surface area contributed by atoms with Crippen molar-refractivity contribution in [3.8, 4) is 5.75 Å². The molecule has 0 radical (unpaired) electrons. The maximum absolute atomic E-state index is 14.0. The molecule has 1 aliphatic rings. The fourth-order valence-electron chi connectivity index (χ4n) is 3.38. The van der Waals surface area contributed by atoms with E-state index >= 15 is 0 Å². The number of aldehydes is 1. The molecule has 31 heavy (non-hydrogen) atoms. The van der Waals surface area contributed by atoms with Crippen LogP contribution in [0, 0.1) is 29.2 Å². The van der Waals surface area contributed by atoms with Gasteiger partial charge in [0.15, 0.2) is 11.6 Å². The number of thiocarbonyl (C=S) groups is 1. The van der Waals surface area contributed by atoms with Gasteiger partial charge in [0.1, 0.15) is 28.7 Å². The number of hydrazine groups is 1.